The third-order valence-corrected chi connectivity index (χ3v) is 6.76. The van der Waals surface area contributed by atoms with Crippen molar-refractivity contribution < 1.29 is 17.9 Å². The summed E-state index contributed by atoms with van der Waals surface area (Å²) in [6.07, 6.45) is 5.08. The minimum Gasteiger partial charge on any atom is -0.481 e. The van der Waals surface area contributed by atoms with Crippen LogP contribution in [0, 0.1) is 17.2 Å². The van der Waals surface area contributed by atoms with Crippen molar-refractivity contribution in [3.8, 4) is 23.5 Å². The minimum absolute atomic E-state index is 0.00357. The normalized spacial score (nSPS) is 17.5. The van der Waals surface area contributed by atoms with Gasteiger partial charge in [0, 0.05) is 17.5 Å². The zero-order valence-corrected chi connectivity index (χ0v) is 18.4. The fourth-order valence-electron chi connectivity index (χ4n) is 3.78. The molecule has 1 aliphatic carbocycles. The lowest BCUT2D eigenvalue weighted by atomic mass is 10.1. The zero-order chi connectivity index (χ0) is 23.2. The number of nitriles is 1. The highest BCUT2D eigenvalue weighted by Gasteiger charge is 2.44. The number of para-hydroxylation sites is 1. The van der Waals surface area contributed by atoms with Gasteiger partial charge in [-0.15, -0.1) is 4.80 Å². The van der Waals surface area contributed by atoms with Crippen molar-refractivity contribution in [3.05, 3.63) is 42.4 Å². The van der Waals surface area contributed by atoms with E-state index in [0.717, 1.165) is 0 Å². The molecule has 0 saturated heterocycles. The Kier molecular flexibility index (Phi) is 4.86. The van der Waals surface area contributed by atoms with Gasteiger partial charge in [0.1, 0.15) is 10.6 Å². The van der Waals surface area contributed by atoms with Crippen molar-refractivity contribution in [2.24, 2.45) is 5.92 Å². The number of nitrogens with zero attached hydrogens (tertiary/aromatic N) is 6. The van der Waals surface area contributed by atoms with Crippen molar-refractivity contribution in [3.63, 3.8) is 0 Å². The Balaban J connectivity index is 1.53. The van der Waals surface area contributed by atoms with Crippen molar-refractivity contribution in [2.75, 3.05) is 18.9 Å². The molecule has 1 aromatic carbocycles. The number of aromatic amines is 1. The van der Waals surface area contributed by atoms with Crippen molar-refractivity contribution in [1.29, 1.82) is 5.26 Å². The molecule has 0 amide bonds. The summed E-state index contributed by atoms with van der Waals surface area (Å²) in [5.41, 5.74) is 1.70. The van der Waals surface area contributed by atoms with E-state index in [9.17, 15) is 8.42 Å². The Morgan fingerprint density at radius 2 is 1.88 bits per heavy atom. The highest BCUT2D eigenvalue weighted by atomic mass is 32.2. The molecule has 2 atom stereocenters. The van der Waals surface area contributed by atoms with Crippen LogP contribution in [0.2, 0.25) is 0 Å². The summed E-state index contributed by atoms with van der Waals surface area (Å²) in [6, 6.07) is 7.36. The monoisotopic (exact) mass is 466 g/mol. The molecule has 5 rings (SSSR count). The van der Waals surface area contributed by atoms with Gasteiger partial charge in [-0.25, -0.2) is 13.1 Å². The molecule has 12 nitrogen and oxygen atoms in total. The van der Waals surface area contributed by atoms with E-state index < -0.39 is 10.0 Å². The third kappa shape index (κ3) is 3.50. The summed E-state index contributed by atoms with van der Waals surface area (Å²) in [5, 5.41) is 17.8. The molecule has 1 saturated carbocycles. The summed E-state index contributed by atoms with van der Waals surface area (Å²) in [7, 11) is -1.26. The lowest BCUT2D eigenvalue weighted by molar-refractivity contribution is 0.363. The van der Waals surface area contributed by atoms with Crippen molar-refractivity contribution >= 4 is 26.9 Å². The predicted octanol–water partition coefficient (Wildman–Crippen LogP) is 1.98. The number of hydrogen-bond donors (Lipinski definition) is 2. The molecule has 33 heavy (non-hydrogen) atoms. The fraction of sp³-hybridized carbons (Fsp3) is 0.250. The predicted molar refractivity (Wildman–Crippen MR) is 116 cm³/mol. The van der Waals surface area contributed by atoms with Crippen LogP contribution in [-0.2, 0) is 10.0 Å². The van der Waals surface area contributed by atoms with Gasteiger partial charge in [0.2, 0.25) is 17.7 Å². The molecular formula is C20H18N8O4S. The number of ether oxygens (including phenoxy) is 2. The maximum Gasteiger partial charge on any atom is 0.266 e. The van der Waals surface area contributed by atoms with Crippen LogP contribution in [0.25, 0.3) is 16.6 Å². The second-order valence-electron chi connectivity index (χ2n) is 7.33. The summed E-state index contributed by atoms with van der Waals surface area (Å²) in [4.78, 5) is 12.8. The third-order valence-electron chi connectivity index (χ3n) is 5.39. The lowest BCUT2D eigenvalue weighted by Crippen LogP contribution is -2.16. The van der Waals surface area contributed by atoms with Gasteiger partial charge in [-0.1, -0.05) is 12.1 Å². The number of anilines is 1. The van der Waals surface area contributed by atoms with Crippen molar-refractivity contribution in [1.82, 2.24) is 29.9 Å². The largest absolute Gasteiger partial charge is 0.481 e. The highest BCUT2D eigenvalue weighted by molar-refractivity contribution is 7.93. The van der Waals surface area contributed by atoms with Crippen molar-refractivity contribution in [2.45, 2.75) is 17.2 Å². The summed E-state index contributed by atoms with van der Waals surface area (Å²) >= 11 is 0. The Labute approximate surface area is 188 Å². The van der Waals surface area contributed by atoms with Crippen LogP contribution in [0.5, 0.6) is 11.8 Å². The molecule has 2 unspecified atom stereocenters. The SMILES string of the molecule is COc1nc(NS(=O)(=O)c2c[nH]c3c(-n4nccn4)cccc23)nc(OC)c1C1CC1C#N. The number of fused-ring (bicyclic) bond motifs is 1. The standard InChI is InChI=1S/C20H18N8O4S/c1-31-18-16(13-8-11(13)9-21)19(32-2)26-20(25-18)27-33(29,30)15-10-22-17-12(15)4-3-5-14(17)28-23-6-7-24-28/h3-7,10-11,13,22H,8H2,1-2H3,(H,25,26,27). The van der Waals surface area contributed by atoms with Gasteiger partial charge in [-0.2, -0.15) is 25.4 Å². The topological polar surface area (TPSA) is 161 Å². The number of nitrogens with one attached hydrogen (secondary N) is 2. The van der Waals surface area contributed by atoms with Gasteiger partial charge in [-0.05, 0) is 12.5 Å². The molecule has 3 heterocycles. The molecular weight excluding hydrogens is 448 g/mol. The fourth-order valence-corrected chi connectivity index (χ4v) is 4.89. The van der Waals surface area contributed by atoms with E-state index in [-0.39, 0.29) is 34.4 Å². The average molecular weight is 466 g/mol. The number of hydrogen-bond acceptors (Lipinski definition) is 9. The Bertz CT molecular complexity index is 1470. The van der Waals surface area contributed by atoms with E-state index in [2.05, 4.69) is 35.9 Å². The lowest BCUT2D eigenvalue weighted by Gasteiger charge is -2.13. The maximum absolute atomic E-state index is 13.2. The van der Waals surface area contributed by atoms with Crippen LogP contribution in [-0.4, -0.2) is 52.6 Å². The smallest absolute Gasteiger partial charge is 0.266 e. The van der Waals surface area contributed by atoms with Gasteiger partial charge in [-0.3, -0.25) is 0 Å². The molecule has 13 heteroatoms. The molecule has 0 bridgehead atoms. The number of benzene rings is 1. The number of sulfonamides is 1. The molecule has 0 aliphatic heterocycles. The maximum atomic E-state index is 13.2. The second kappa shape index (κ2) is 7.75. The molecule has 1 aliphatic rings. The molecule has 3 aromatic heterocycles. The first-order chi connectivity index (χ1) is 16.0. The van der Waals surface area contributed by atoms with E-state index in [1.54, 1.807) is 18.2 Å². The van der Waals surface area contributed by atoms with Gasteiger partial charge in [0.05, 0.1) is 49.7 Å². The highest BCUT2D eigenvalue weighted by Crippen LogP contribution is 2.52. The Morgan fingerprint density at radius 3 is 2.48 bits per heavy atom. The number of rotatable bonds is 7. The zero-order valence-electron chi connectivity index (χ0n) is 17.6. The second-order valence-corrected chi connectivity index (χ2v) is 8.98. The number of methoxy groups -OCH3 is 2. The molecule has 0 spiro atoms. The first kappa shape index (κ1) is 20.7. The summed E-state index contributed by atoms with van der Waals surface area (Å²) in [6.45, 7) is 0. The van der Waals surface area contributed by atoms with Crippen LogP contribution >= 0.6 is 0 Å². The molecule has 2 N–H and O–H groups in total. The van der Waals surface area contributed by atoms with E-state index >= 15 is 0 Å². The molecule has 168 valence electrons. The Morgan fingerprint density at radius 1 is 1.18 bits per heavy atom. The first-order valence-electron chi connectivity index (χ1n) is 9.86. The van der Waals surface area contributed by atoms with Crippen LogP contribution in [0.1, 0.15) is 17.9 Å². The average Bonchev–Trinajstić information content (AvgIpc) is 3.18. The number of aromatic nitrogens is 6. The van der Waals surface area contributed by atoms with E-state index in [0.29, 0.717) is 28.6 Å². The Hall–Kier alpha value is -4.18. The van der Waals surface area contributed by atoms with Crippen LogP contribution in [0.3, 0.4) is 0 Å². The van der Waals surface area contributed by atoms with Crippen LogP contribution in [0.15, 0.2) is 41.7 Å². The van der Waals surface area contributed by atoms with Gasteiger partial charge >= 0.3 is 0 Å². The minimum atomic E-state index is -4.08. The quantitative estimate of drug-likeness (QED) is 0.415. The molecule has 0 radical (unpaired) electrons. The van der Waals surface area contributed by atoms with Crippen LogP contribution < -0.4 is 14.2 Å². The summed E-state index contributed by atoms with van der Waals surface area (Å²) < 4.78 is 39.6. The van der Waals surface area contributed by atoms with Gasteiger partial charge in [0.25, 0.3) is 10.0 Å². The van der Waals surface area contributed by atoms with Gasteiger partial charge in [0.15, 0.2) is 0 Å². The summed E-state index contributed by atoms with van der Waals surface area (Å²) in [5.74, 6) is -0.181. The van der Waals surface area contributed by atoms with E-state index in [4.69, 9.17) is 14.7 Å². The molecule has 1 fully saturated rings. The van der Waals surface area contributed by atoms with Crippen LogP contribution in [0.4, 0.5) is 5.95 Å². The first-order valence-corrected chi connectivity index (χ1v) is 11.3. The van der Waals surface area contributed by atoms with E-state index in [1.807, 2.05) is 0 Å². The van der Waals surface area contributed by atoms with Gasteiger partial charge < -0.3 is 14.5 Å². The molecule has 4 aromatic rings. The van der Waals surface area contributed by atoms with E-state index in [1.165, 1.54) is 37.6 Å². The number of H-pyrrole nitrogens is 1.